The van der Waals surface area contributed by atoms with Crippen molar-refractivity contribution in [3.63, 3.8) is 0 Å². The van der Waals surface area contributed by atoms with E-state index in [4.69, 9.17) is 16.3 Å². The summed E-state index contributed by atoms with van der Waals surface area (Å²) in [5.74, 6) is 0.727. The first-order valence-electron chi connectivity index (χ1n) is 6.54. The predicted molar refractivity (Wildman–Crippen MR) is 81.8 cm³/mol. The van der Waals surface area contributed by atoms with Crippen LogP contribution < -0.4 is 4.74 Å². The second-order valence-corrected chi connectivity index (χ2v) is 5.47. The number of rotatable bonds is 4. The van der Waals surface area contributed by atoms with Crippen molar-refractivity contribution in [2.75, 3.05) is 0 Å². The number of carbonyl (C=O) groups is 1. The number of benzene rings is 2. The molecule has 0 fully saturated rings. The van der Waals surface area contributed by atoms with E-state index in [1.807, 2.05) is 45.0 Å². The average Bonchev–Trinajstić information content (AvgIpc) is 2.37. The Balaban J connectivity index is 2.24. The zero-order valence-corrected chi connectivity index (χ0v) is 12.6. The van der Waals surface area contributed by atoms with Crippen molar-refractivity contribution >= 4 is 17.4 Å². The van der Waals surface area contributed by atoms with Crippen LogP contribution in [0.2, 0.25) is 5.02 Å². The number of aryl methyl sites for hydroxylation is 1. The van der Waals surface area contributed by atoms with E-state index in [9.17, 15) is 4.79 Å². The Morgan fingerprint density at radius 3 is 2.25 bits per heavy atom. The summed E-state index contributed by atoms with van der Waals surface area (Å²) in [7, 11) is 0. The zero-order chi connectivity index (χ0) is 14.7. The molecule has 0 saturated heterocycles. The molecule has 2 aromatic rings. The minimum Gasteiger partial charge on any atom is -0.491 e. The molecule has 0 unspecified atom stereocenters. The number of ketones is 1. The second kappa shape index (κ2) is 6.10. The van der Waals surface area contributed by atoms with Gasteiger partial charge in [-0.3, -0.25) is 4.79 Å². The molecule has 0 N–H and O–H groups in total. The van der Waals surface area contributed by atoms with Crippen LogP contribution >= 0.6 is 11.6 Å². The molecule has 0 aliphatic rings. The van der Waals surface area contributed by atoms with Gasteiger partial charge in [-0.1, -0.05) is 11.6 Å². The van der Waals surface area contributed by atoms with Gasteiger partial charge in [-0.05, 0) is 68.8 Å². The van der Waals surface area contributed by atoms with Crippen molar-refractivity contribution in [2.24, 2.45) is 0 Å². The molecule has 0 aliphatic heterocycles. The lowest BCUT2D eigenvalue weighted by Gasteiger charge is -2.10. The highest BCUT2D eigenvalue weighted by Gasteiger charge is 2.10. The number of ether oxygens (including phenoxy) is 1. The molecule has 20 heavy (non-hydrogen) atoms. The third-order valence-corrected chi connectivity index (χ3v) is 3.01. The molecular weight excluding hydrogens is 272 g/mol. The van der Waals surface area contributed by atoms with Gasteiger partial charge in [0.15, 0.2) is 5.78 Å². The Hall–Kier alpha value is -1.80. The Bertz CT molecular complexity index is 595. The Morgan fingerprint density at radius 2 is 1.70 bits per heavy atom. The summed E-state index contributed by atoms with van der Waals surface area (Å²) in [6, 6.07) is 12.5. The van der Waals surface area contributed by atoms with Gasteiger partial charge in [0.1, 0.15) is 5.75 Å². The van der Waals surface area contributed by atoms with Gasteiger partial charge in [0.2, 0.25) is 0 Å². The van der Waals surface area contributed by atoms with Crippen LogP contribution in [0.4, 0.5) is 0 Å². The summed E-state index contributed by atoms with van der Waals surface area (Å²) >= 11 is 5.99. The van der Waals surface area contributed by atoms with Crippen molar-refractivity contribution in [1.82, 2.24) is 0 Å². The van der Waals surface area contributed by atoms with Crippen LogP contribution in [0.1, 0.15) is 35.3 Å². The highest BCUT2D eigenvalue weighted by Crippen LogP contribution is 2.20. The molecule has 2 nitrogen and oxygen atoms in total. The molecule has 3 heteroatoms. The molecule has 0 spiro atoms. The molecule has 0 heterocycles. The summed E-state index contributed by atoms with van der Waals surface area (Å²) in [5.41, 5.74) is 2.20. The SMILES string of the molecule is Cc1cc(Cl)cc(C(=O)c2ccc(OC(C)C)cc2)c1. The van der Waals surface area contributed by atoms with Crippen LogP contribution in [0.15, 0.2) is 42.5 Å². The van der Waals surface area contributed by atoms with E-state index >= 15 is 0 Å². The Labute approximate surface area is 124 Å². The molecular formula is C17H17ClO2. The summed E-state index contributed by atoms with van der Waals surface area (Å²) in [5, 5.41) is 0.577. The Morgan fingerprint density at radius 1 is 1.05 bits per heavy atom. The van der Waals surface area contributed by atoms with Crippen molar-refractivity contribution < 1.29 is 9.53 Å². The van der Waals surface area contributed by atoms with Crippen LogP contribution in [-0.2, 0) is 0 Å². The van der Waals surface area contributed by atoms with Crippen molar-refractivity contribution in [1.29, 1.82) is 0 Å². The smallest absolute Gasteiger partial charge is 0.193 e. The molecule has 2 rings (SSSR count). The predicted octanol–water partition coefficient (Wildman–Crippen LogP) is 4.67. The van der Waals surface area contributed by atoms with Gasteiger partial charge < -0.3 is 4.74 Å². The molecule has 104 valence electrons. The molecule has 0 radical (unpaired) electrons. The molecule has 0 saturated carbocycles. The van der Waals surface area contributed by atoms with Crippen LogP contribution in [-0.4, -0.2) is 11.9 Å². The highest BCUT2D eigenvalue weighted by atomic mass is 35.5. The minimum atomic E-state index is -0.0355. The minimum absolute atomic E-state index is 0.0355. The van der Waals surface area contributed by atoms with E-state index in [0.29, 0.717) is 16.1 Å². The van der Waals surface area contributed by atoms with Crippen molar-refractivity contribution in [3.05, 3.63) is 64.2 Å². The topological polar surface area (TPSA) is 26.3 Å². The molecule has 0 aliphatic carbocycles. The Kier molecular flexibility index (Phi) is 4.46. The third kappa shape index (κ3) is 3.61. The maximum Gasteiger partial charge on any atom is 0.193 e. The summed E-state index contributed by atoms with van der Waals surface area (Å²) in [6.45, 7) is 5.85. The fraction of sp³-hybridized carbons (Fsp3) is 0.235. The van der Waals surface area contributed by atoms with E-state index in [1.165, 1.54) is 0 Å². The molecule has 0 amide bonds. The lowest BCUT2D eigenvalue weighted by atomic mass is 10.0. The molecule has 0 bridgehead atoms. The van der Waals surface area contributed by atoms with Gasteiger partial charge in [0, 0.05) is 16.1 Å². The number of halogens is 1. The number of hydrogen-bond donors (Lipinski definition) is 0. The van der Waals surface area contributed by atoms with Crippen LogP contribution in [0, 0.1) is 6.92 Å². The van der Waals surface area contributed by atoms with Gasteiger partial charge >= 0.3 is 0 Å². The van der Waals surface area contributed by atoms with Gasteiger partial charge in [0.25, 0.3) is 0 Å². The first-order valence-corrected chi connectivity index (χ1v) is 6.92. The number of hydrogen-bond acceptors (Lipinski definition) is 2. The van der Waals surface area contributed by atoms with E-state index < -0.39 is 0 Å². The monoisotopic (exact) mass is 288 g/mol. The second-order valence-electron chi connectivity index (χ2n) is 5.04. The molecule has 2 aromatic carbocycles. The number of carbonyl (C=O) groups excluding carboxylic acids is 1. The standard InChI is InChI=1S/C17H17ClO2/c1-11(2)20-16-6-4-13(5-7-16)17(19)14-8-12(3)9-15(18)10-14/h4-11H,1-3H3. The van der Waals surface area contributed by atoms with E-state index in [1.54, 1.807) is 18.2 Å². The fourth-order valence-electron chi connectivity index (χ4n) is 1.99. The van der Waals surface area contributed by atoms with Gasteiger partial charge in [-0.25, -0.2) is 0 Å². The first kappa shape index (κ1) is 14.6. The highest BCUT2D eigenvalue weighted by molar-refractivity contribution is 6.31. The average molecular weight is 289 g/mol. The molecule has 0 atom stereocenters. The van der Waals surface area contributed by atoms with E-state index in [0.717, 1.165) is 11.3 Å². The first-order chi connectivity index (χ1) is 9.45. The maximum atomic E-state index is 12.4. The van der Waals surface area contributed by atoms with E-state index in [-0.39, 0.29) is 11.9 Å². The van der Waals surface area contributed by atoms with Gasteiger partial charge in [0.05, 0.1) is 6.10 Å². The largest absolute Gasteiger partial charge is 0.491 e. The summed E-state index contributed by atoms with van der Waals surface area (Å²) in [6.07, 6.45) is 0.118. The zero-order valence-electron chi connectivity index (χ0n) is 11.8. The lowest BCUT2D eigenvalue weighted by molar-refractivity contribution is 0.103. The van der Waals surface area contributed by atoms with Gasteiger partial charge in [-0.15, -0.1) is 0 Å². The summed E-state index contributed by atoms with van der Waals surface area (Å²) in [4.78, 5) is 12.4. The third-order valence-electron chi connectivity index (χ3n) is 2.79. The van der Waals surface area contributed by atoms with Crippen molar-refractivity contribution in [2.45, 2.75) is 26.9 Å². The van der Waals surface area contributed by atoms with E-state index in [2.05, 4.69) is 0 Å². The van der Waals surface area contributed by atoms with Crippen LogP contribution in [0.5, 0.6) is 5.75 Å². The van der Waals surface area contributed by atoms with Crippen LogP contribution in [0.3, 0.4) is 0 Å². The van der Waals surface area contributed by atoms with Crippen LogP contribution in [0.25, 0.3) is 0 Å². The fourth-order valence-corrected chi connectivity index (χ4v) is 2.28. The summed E-state index contributed by atoms with van der Waals surface area (Å²) < 4.78 is 5.56. The maximum absolute atomic E-state index is 12.4. The lowest BCUT2D eigenvalue weighted by Crippen LogP contribution is -2.06. The normalized spacial score (nSPS) is 10.7. The molecule has 0 aromatic heterocycles. The quantitative estimate of drug-likeness (QED) is 0.765. The van der Waals surface area contributed by atoms with Gasteiger partial charge in [-0.2, -0.15) is 0 Å². The van der Waals surface area contributed by atoms with Crippen molar-refractivity contribution in [3.8, 4) is 5.75 Å².